The lowest BCUT2D eigenvalue weighted by molar-refractivity contribution is -0.153. The molecule has 0 spiro atoms. The molecule has 0 bridgehead atoms. The van der Waals surface area contributed by atoms with E-state index in [1.807, 2.05) is 11.0 Å². The third-order valence-electron chi connectivity index (χ3n) is 9.40. The van der Waals surface area contributed by atoms with Gasteiger partial charge in [-0.1, -0.05) is 25.3 Å². The van der Waals surface area contributed by atoms with Gasteiger partial charge in [-0.25, -0.2) is 0 Å². The van der Waals surface area contributed by atoms with Gasteiger partial charge in [0.2, 0.25) is 5.78 Å². The van der Waals surface area contributed by atoms with Gasteiger partial charge in [-0.2, -0.15) is 0 Å². The van der Waals surface area contributed by atoms with Gasteiger partial charge in [0.25, 0.3) is 5.91 Å². The second kappa shape index (κ2) is 13.2. The standard InChI is InChI=1S/C33H46N4O8/c1-6-7-8-9-10-11-12-18(38)16-35-21-15-22(36(2)3)19-13-17-14-20-26(37(4)5)29(41)25(32(34)44)31(43)33(20,45)30(42)23(17)28(40)24(19)27(21)39/h6,15,17-18,20,26,35,38-40,43,45H,1,7-14,16H2,2-5H3,(H2,34,44). The van der Waals surface area contributed by atoms with Gasteiger partial charge in [0.15, 0.2) is 11.4 Å². The molecule has 12 nitrogen and oxygen atoms in total. The number of aliphatic hydroxyl groups excluding tert-OH is 3. The molecule has 3 aliphatic carbocycles. The van der Waals surface area contributed by atoms with E-state index in [1.165, 1.54) is 4.90 Å². The summed E-state index contributed by atoms with van der Waals surface area (Å²) in [4.78, 5) is 42.9. The summed E-state index contributed by atoms with van der Waals surface area (Å²) >= 11 is 0. The number of aromatic hydroxyl groups is 1. The largest absolute Gasteiger partial charge is 0.508 e. The number of hydrogen-bond donors (Lipinski definition) is 7. The van der Waals surface area contributed by atoms with Crippen molar-refractivity contribution in [3.63, 3.8) is 0 Å². The first-order valence-corrected chi connectivity index (χ1v) is 15.4. The number of nitrogens with one attached hydrogen (secondary N) is 1. The number of nitrogens with zero attached hydrogens (tertiary/aromatic N) is 2. The van der Waals surface area contributed by atoms with Gasteiger partial charge in [0.1, 0.15) is 22.8 Å². The molecule has 12 heteroatoms. The Morgan fingerprint density at radius 2 is 1.82 bits per heavy atom. The topological polar surface area (TPSA) is 197 Å². The van der Waals surface area contributed by atoms with E-state index in [1.54, 1.807) is 34.3 Å². The fraction of sp³-hybridized carbons (Fsp3) is 0.545. The predicted octanol–water partition coefficient (Wildman–Crippen LogP) is 2.33. The third kappa shape index (κ3) is 5.94. The minimum Gasteiger partial charge on any atom is -0.508 e. The molecule has 0 saturated heterocycles. The van der Waals surface area contributed by atoms with Gasteiger partial charge >= 0.3 is 0 Å². The molecule has 45 heavy (non-hydrogen) atoms. The van der Waals surface area contributed by atoms with Crippen molar-refractivity contribution in [2.24, 2.45) is 17.6 Å². The molecule has 3 aliphatic rings. The molecule has 1 aromatic rings. The van der Waals surface area contributed by atoms with Crippen LogP contribution in [-0.2, 0) is 20.8 Å². The van der Waals surface area contributed by atoms with Gasteiger partial charge < -0.3 is 41.5 Å². The molecule has 1 fully saturated rings. The van der Waals surface area contributed by atoms with E-state index in [-0.39, 0.29) is 42.0 Å². The van der Waals surface area contributed by atoms with Crippen molar-refractivity contribution in [2.45, 2.75) is 69.1 Å². The monoisotopic (exact) mass is 626 g/mol. The zero-order valence-electron chi connectivity index (χ0n) is 26.5. The summed E-state index contributed by atoms with van der Waals surface area (Å²) in [5, 5.41) is 59.5. The summed E-state index contributed by atoms with van der Waals surface area (Å²) in [5.41, 5.74) is 3.09. The molecule has 5 atom stereocenters. The number of hydrogen-bond acceptors (Lipinski definition) is 11. The van der Waals surface area contributed by atoms with Crippen LogP contribution < -0.4 is 16.0 Å². The first kappa shape index (κ1) is 34.0. The van der Waals surface area contributed by atoms with E-state index in [9.17, 15) is 39.9 Å². The van der Waals surface area contributed by atoms with E-state index in [0.29, 0.717) is 17.7 Å². The first-order valence-electron chi connectivity index (χ1n) is 15.4. The number of ketones is 2. The van der Waals surface area contributed by atoms with Crippen LogP contribution in [0.5, 0.6) is 5.75 Å². The first-order chi connectivity index (χ1) is 21.2. The van der Waals surface area contributed by atoms with Crippen molar-refractivity contribution in [1.82, 2.24) is 4.90 Å². The molecule has 0 heterocycles. The summed E-state index contributed by atoms with van der Waals surface area (Å²) in [5.74, 6) is -6.96. The Morgan fingerprint density at radius 3 is 2.42 bits per heavy atom. The summed E-state index contributed by atoms with van der Waals surface area (Å²) in [7, 11) is 6.72. The van der Waals surface area contributed by atoms with Crippen molar-refractivity contribution in [1.29, 1.82) is 0 Å². The Balaban J connectivity index is 1.72. The number of rotatable bonds is 13. The zero-order chi connectivity index (χ0) is 33.4. The number of fused-ring (bicyclic) bond motifs is 3. The number of likely N-dealkylation sites (N-methyl/N-ethyl adjacent to an activating group) is 1. The maximum atomic E-state index is 14.1. The van der Waals surface area contributed by atoms with Crippen molar-refractivity contribution in [2.75, 3.05) is 45.0 Å². The number of allylic oxidation sites excluding steroid dienone is 1. The number of primary amides is 1. The molecule has 1 amide bonds. The maximum Gasteiger partial charge on any atom is 0.255 e. The Hall–Kier alpha value is -3.87. The fourth-order valence-corrected chi connectivity index (χ4v) is 7.18. The van der Waals surface area contributed by atoms with Crippen LogP contribution >= 0.6 is 0 Å². The molecule has 5 unspecified atom stereocenters. The molecule has 4 rings (SSSR count). The van der Waals surface area contributed by atoms with Crippen LogP contribution in [0.3, 0.4) is 0 Å². The van der Waals surface area contributed by atoms with Crippen molar-refractivity contribution in [3.8, 4) is 5.75 Å². The average Bonchev–Trinajstić information content (AvgIpc) is 2.95. The number of Topliss-reactive ketones (excluding diaryl/α,β-unsaturated/α-hetero) is 2. The van der Waals surface area contributed by atoms with E-state index in [0.717, 1.165) is 32.1 Å². The highest BCUT2D eigenvalue weighted by atomic mass is 16.3. The summed E-state index contributed by atoms with van der Waals surface area (Å²) in [6.07, 6.45) is 6.88. The lowest BCUT2D eigenvalue weighted by atomic mass is 9.57. The summed E-state index contributed by atoms with van der Waals surface area (Å²) in [6.45, 7) is 3.86. The van der Waals surface area contributed by atoms with E-state index in [2.05, 4.69) is 11.9 Å². The van der Waals surface area contributed by atoms with E-state index in [4.69, 9.17) is 5.73 Å². The molecule has 246 valence electrons. The molecule has 0 radical (unpaired) electrons. The molecule has 0 aliphatic heterocycles. The number of phenols is 1. The van der Waals surface area contributed by atoms with Crippen LogP contribution in [0.2, 0.25) is 0 Å². The molecule has 0 aromatic heterocycles. The SMILES string of the molecule is C=CCCCCCCC(O)CNc1cc(N(C)C)c2c(c1O)C(O)=C1C(=O)C3(O)C(O)=C(C(N)=O)C(=O)C(N(C)C)C3CC1C2. The number of aliphatic hydroxyl groups is 4. The quantitative estimate of drug-likeness (QED) is 0.0734. The van der Waals surface area contributed by atoms with Gasteiger partial charge in [-0.3, -0.25) is 19.3 Å². The fourth-order valence-electron chi connectivity index (χ4n) is 7.18. The van der Waals surface area contributed by atoms with Gasteiger partial charge in [0, 0.05) is 37.8 Å². The highest BCUT2D eigenvalue weighted by molar-refractivity contribution is 6.24. The van der Waals surface area contributed by atoms with Crippen LogP contribution in [-0.4, -0.2) is 100 Å². The normalized spacial score (nSPS) is 25.1. The molecule has 8 N–H and O–H groups in total. The number of nitrogens with two attached hydrogens (primary N) is 1. The Labute approximate surface area is 263 Å². The lowest BCUT2D eigenvalue weighted by Crippen LogP contribution is -2.65. The third-order valence-corrected chi connectivity index (χ3v) is 9.40. The Bertz CT molecular complexity index is 1450. The van der Waals surface area contributed by atoms with Crippen LogP contribution in [0.1, 0.15) is 56.1 Å². The van der Waals surface area contributed by atoms with Gasteiger partial charge in [0.05, 0.1) is 23.4 Å². The molecule has 1 aromatic carbocycles. The number of amides is 1. The highest BCUT2D eigenvalue weighted by Crippen LogP contribution is 2.54. The van der Waals surface area contributed by atoms with Crippen LogP contribution in [0.4, 0.5) is 11.4 Å². The number of benzene rings is 1. The molecular formula is C33H46N4O8. The number of unbranched alkanes of at least 4 members (excludes halogenated alkanes) is 4. The number of carbonyl (C=O) groups is 3. The number of anilines is 2. The van der Waals surface area contributed by atoms with Crippen LogP contribution in [0.15, 0.2) is 35.6 Å². The Kier molecular flexibility index (Phi) is 10.0. The van der Waals surface area contributed by atoms with Crippen LogP contribution in [0.25, 0.3) is 5.76 Å². The smallest absolute Gasteiger partial charge is 0.255 e. The predicted molar refractivity (Wildman–Crippen MR) is 171 cm³/mol. The highest BCUT2D eigenvalue weighted by Gasteiger charge is 2.64. The Morgan fingerprint density at radius 1 is 1.16 bits per heavy atom. The van der Waals surface area contributed by atoms with Crippen molar-refractivity contribution in [3.05, 3.63) is 46.8 Å². The summed E-state index contributed by atoms with van der Waals surface area (Å²) < 4.78 is 0. The van der Waals surface area contributed by atoms with Crippen molar-refractivity contribution < 1.29 is 39.9 Å². The van der Waals surface area contributed by atoms with Crippen molar-refractivity contribution >= 4 is 34.6 Å². The second-order valence-electron chi connectivity index (χ2n) is 12.8. The minimum absolute atomic E-state index is 0.00306. The summed E-state index contributed by atoms with van der Waals surface area (Å²) in [6, 6.07) is 0.574. The molecular weight excluding hydrogens is 580 g/mol. The average molecular weight is 627 g/mol. The molecule has 1 saturated carbocycles. The van der Waals surface area contributed by atoms with Crippen LogP contribution in [0, 0.1) is 11.8 Å². The van der Waals surface area contributed by atoms with E-state index >= 15 is 0 Å². The van der Waals surface area contributed by atoms with Gasteiger partial charge in [-0.15, -0.1) is 6.58 Å². The minimum atomic E-state index is -2.70. The number of phenolic OH excluding ortho intramolecular Hbond substituents is 1. The lowest BCUT2D eigenvalue weighted by Gasteiger charge is -2.50. The maximum absolute atomic E-state index is 14.1. The number of carbonyl (C=O) groups excluding carboxylic acids is 3. The van der Waals surface area contributed by atoms with Gasteiger partial charge in [-0.05, 0) is 63.7 Å². The second-order valence-corrected chi connectivity index (χ2v) is 12.8. The zero-order valence-corrected chi connectivity index (χ0v) is 26.5. The van der Waals surface area contributed by atoms with E-state index < -0.39 is 64.1 Å².